The standard InChI is InChI=1S/C13H21FN2O2/c1-3-13(2)12(18)16(8-4-7-14)10(9-5-6-9)11(17)15-13/h9-10H,3-8H2,1-2H3,(H,15,17). The van der Waals surface area contributed by atoms with Gasteiger partial charge in [0, 0.05) is 6.54 Å². The molecule has 0 spiro atoms. The Morgan fingerprint density at radius 2 is 2.11 bits per heavy atom. The third kappa shape index (κ3) is 2.22. The summed E-state index contributed by atoms with van der Waals surface area (Å²) in [6, 6.07) is -0.372. The first-order valence-electron chi connectivity index (χ1n) is 6.72. The molecular formula is C13H21FN2O2. The average molecular weight is 256 g/mol. The van der Waals surface area contributed by atoms with Crippen LogP contribution in [0.5, 0.6) is 0 Å². The van der Waals surface area contributed by atoms with Gasteiger partial charge in [0.25, 0.3) is 0 Å². The maximum absolute atomic E-state index is 12.5. The van der Waals surface area contributed by atoms with E-state index in [-0.39, 0.29) is 23.8 Å². The van der Waals surface area contributed by atoms with Crippen molar-refractivity contribution in [3.8, 4) is 0 Å². The number of alkyl halides is 1. The fourth-order valence-corrected chi connectivity index (χ4v) is 2.58. The Bertz CT molecular complexity index is 357. The van der Waals surface area contributed by atoms with Gasteiger partial charge in [0.05, 0.1) is 6.67 Å². The molecule has 1 aliphatic carbocycles. The molecule has 2 rings (SSSR count). The van der Waals surface area contributed by atoms with Crippen LogP contribution in [0.3, 0.4) is 0 Å². The second-order valence-corrected chi connectivity index (χ2v) is 5.50. The Balaban J connectivity index is 2.21. The minimum atomic E-state index is -0.821. The van der Waals surface area contributed by atoms with Crippen molar-refractivity contribution in [2.75, 3.05) is 13.2 Å². The van der Waals surface area contributed by atoms with Crippen molar-refractivity contribution in [3.63, 3.8) is 0 Å². The van der Waals surface area contributed by atoms with E-state index in [9.17, 15) is 14.0 Å². The summed E-state index contributed by atoms with van der Waals surface area (Å²) in [5, 5.41) is 2.85. The van der Waals surface area contributed by atoms with Crippen molar-refractivity contribution in [2.45, 2.75) is 51.1 Å². The minimum Gasteiger partial charge on any atom is -0.340 e. The van der Waals surface area contributed by atoms with Crippen LogP contribution in [0.1, 0.15) is 39.5 Å². The van der Waals surface area contributed by atoms with Crippen molar-refractivity contribution >= 4 is 11.8 Å². The molecular weight excluding hydrogens is 235 g/mol. The molecule has 2 aliphatic rings. The van der Waals surface area contributed by atoms with Gasteiger partial charge in [0.1, 0.15) is 11.6 Å². The number of hydrogen-bond donors (Lipinski definition) is 1. The van der Waals surface area contributed by atoms with Gasteiger partial charge in [0.2, 0.25) is 11.8 Å². The van der Waals surface area contributed by atoms with Crippen LogP contribution in [0, 0.1) is 5.92 Å². The maximum atomic E-state index is 12.5. The summed E-state index contributed by atoms with van der Waals surface area (Å²) in [6.07, 6.45) is 2.84. The SMILES string of the molecule is CCC1(C)NC(=O)C(C2CC2)N(CCCF)C1=O. The van der Waals surface area contributed by atoms with Crippen LogP contribution < -0.4 is 5.32 Å². The van der Waals surface area contributed by atoms with Gasteiger partial charge in [-0.15, -0.1) is 0 Å². The van der Waals surface area contributed by atoms with E-state index in [2.05, 4.69) is 5.32 Å². The van der Waals surface area contributed by atoms with Gasteiger partial charge in [0.15, 0.2) is 0 Å². The molecule has 2 fully saturated rings. The Morgan fingerprint density at radius 1 is 1.44 bits per heavy atom. The molecule has 2 atom stereocenters. The number of nitrogens with zero attached hydrogens (tertiary/aromatic N) is 1. The molecule has 0 radical (unpaired) electrons. The summed E-state index contributed by atoms with van der Waals surface area (Å²) in [6.45, 7) is 3.52. The van der Waals surface area contributed by atoms with E-state index in [0.29, 0.717) is 19.4 Å². The third-order valence-corrected chi connectivity index (χ3v) is 4.04. The first kappa shape index (κ1) is 13.3. The van der Waals surface area contributed by atoms with Crippen molar-refractivity contribution in [3.05, 3.63) is 0 Å². The summed E-state index contributed by atoms with van der Waals surface area (Å²) in [7, 11) is 0. The van der Waals surface area contributed by atoms with Crippen LogP contribution in [0.2, 0.25) is 0 Å². The summed E-state index contributed by atoms with van der Waals surface area (Å²) in [5.74, 6) is 0.144. The Hall–Kier alpha value is -1.13. The second-order valence-electron chi connectivity index (χ2n) is 5.50. The van der Waals surface area contributed by atoms with Gasteiger partial charge in [-0.2, -0.15) is 0 Å². The lowest BCUT2D eigenvalue weighted by atomic mass is 9.90. The van der Waals surface area contributed by atoms with Gasteiger partial charge < -0.3 is 10.2 Å². The molecule has 1 saturated heterocycles. The van der Waals surface area contributed by atoms with E-state index < -0.39 is 12.2 Å². The van der Waals surface area contributed by atoms with Crippen LogP contribution in [0.15, 0.2) is 0 Å². The summed E-state index contributed by atoms with van der Waals surface area (Å²) >= 11 is 0. The van der Waals surface area contributed by atoms with Crippen molar-refractivity contribution in [1.82, 2.24) is 10.2 Å². The zero-order valence-electron chi connectivity index (χ0n) is 11.0. The van der Waals surface area contributed by atoms with E-state index >= 15 is 0 Å². The highest BCUT2D eigenvalue weighted by Crippen LogP contribution is 2.38. The highest BCUT2D eigenvalue weighted by Gasteiger charge is 2.51. The van der Waals surface area contributed by atoms with E-state index in [1.165, 1.54) is 0 Å². The first-order chi connectivity index (χ1) is 8.53. The molecule has 4 nitrogen and oxygen atoms in total. The second kappa shape index (κ2) is 4.86. The zero-order chi connectivity index (χ0) is 13.3. The third-order valence-electron chi connectivity index (χ3n) is 4.04. The topological polar surface area (TPSA) is 49.4 Å². The van der Waals surface area contributed by atoms with Crippen molar-refractivity contribution in [1.29, 1.82) is 0 Å². The van der Waals surface area contributed by atoms with E-state index in [1.807, 2.05) is 6.92 Å². The number of amides is 2. The molecule has 0 aromatic rings. The smallest absolute Gasteiger partial charge is 0.248 e. The van der Waals surface area contributed by atoms with E-state index in [4.69, 9.17) is 0 Å². The van der Waals surface area contributed by atoms with Gasteiger partial charge in [-0.05, 0) is 38.5 Å². The van der Waals surface area contributed by atoms with Crippen LogP contribution in [0.25, 0.3) is 0 Å². The van der Waals surface area contributed by atoms with Crippen LogP contribution in [-0.4, -0.2) is 41.5 Å². The van der Waals surface area contributed by atoms with Gasteiger partial charge in [-0.25, -0.2) is 0 Å². The molecule has 2 amide bonds. The number of nitrogens with one attached hydrogen (secondary N) is 1. The fraction of sp³-hybridized carbons (Fsp3) is 0.846. The fourth-order valence-electron chi connectivity index (χ4n) is 2.58. The highest BCUT2D eigenvalue weighted by molar-refractivity contribution is 5.99. The number of carbonyl (C=O) groups is 2. The first-order valence-corrected chi connectivity index (χ1v) is 6.72. The predicted octanol–water partition coefficient (Wildman–Crippen LogP) is 1.25. The largest absolute Gasteiger partial charge is 0.340 e. The Labute approximate surface area is 107 Å². The summed E-state index contributed by atoms with van der Waals surface area (Å²) in [4.78, 5) is 26.2. The van der Waals surface area contributed by atoms with Crippen molar-refractivity contribution in [2.24, 2.45) is 5.92 Å². The van der Waals surface area contributed by atoms with Crippen LogP contribution in [-0.2, 0) is 9.59 Å². The predicted molar refractivity (Wildman–Crippen MR) is 65.7 cm³/mol. The monoisotopic (exact) mass is 256 g/mol. The average Bonchev–Trinajstić information content (AvgIpc) is 3.16. The molecule has 1 heterocycles. The minimum absolute atomic E-state index is 0.0602. The number of hydrogen-bond acceptors (Lipinski definition) is 2. The number of carbonyl (C=O) groups excluding carboxylic acids is 2. The normalized spacial score (nSPS) is 32.6. The van der Waals surface area contributed by atoms with Gasteiger partial charge in [-0.3, -0.25) is 14.0 Å². The lowest BCUT2D eigenvalue weighted by molar-refractivity contribution is -0.155. The Kier molecular flexibility index (Phi) is 3.59. The molecule has 18 heavy (non-hydrogen) atoms. The molecule has 5 heteroatoms. The highest BCUT2D eigenvalue weighted by atomic mass is 19.1. The zero-order valence-corrected chi connectivity index (χ0v) is 11.0. The van der Waals surface area contributed by atoms with Crippen molar-refractivity contribution < 1.29 is 14.0 Å². The molecule has 1 aliphatic heterocycles. The van der Waals surface area contributed by atoms with E-state index in [0.717, 1.165) is 12.8 Å². The van der Waals surface area contributed by atoms with Crippen LogP contribution in [0.4, 0.5) is 4.39 Å². The molecule has 1 saturated carbocycles. The van der Waals surface area contributed by atoms with Gasteiger partial charge >= 0.3 is 0 Å². The number of rotatable bonds is 5. The Morgan fingerprint density at radius 3 is 2.61 bits per heavy atom. The quantitative estimate of drug-likeness (QED) is 0.805. The number of halogens is 1. The molecule has 2 unspecified atom stereocenters. The lowest BCUT2D eigenvalue weighted by Crippen LogP contribution is -2.69. The number of piperazine rings is 1. The summed E-state index contributed by atoms with van der Waals surface area (Å²) < 4.78 is 12.4. The molecule has 1 N–H and O–H groups in total. The molecule has 102 valence electrons. The molecule has 0 bridgehead atoms. The van der Waals surface area contributed by atoms with Gasteiger partial charge in [-0.1, -0.05) is 6.92 Å². The summed E-state index contributed by atoms with van der Waals surface area (Å²) in [5.41, 5.74) is -0.821. The molecule has 0 aromatic carbocycles. The van der Waals surface area contributed by atoms with E-state index in [1.54, 1.807) is 11.8 Å². The lowest BCUT2D eigenvalue weighted by Gasteiger charge is -2.44. The van der Waals surface area contributed by atoms with Crippen LogP contribution >= 0.6 is 0 Å². The maximum Gasteiger partial charge on any atom is 0.248 e. The molecule has 0 aromatic heterocycles.